The predicted octanol–water partition coefficient (Wildman–Crippen LogP) is 3.91. The monoisotopic (exact) mass is 327 g/mol. The number of rotatable bonds is 4. The van der Waals surface area contributed by atoms with E-state index in [0.29, 0.717) is 13.2 Å². The summed E-state index contributed by atoms with van der Waals surface area (Å²) in [6, 6.07) is 16.0. The SMILES string of the molecule is Cl.NCc1ccc(OCc2ccccc2)c(Br)c1. The quantitative estimate of drug-likeness (QED) is 0.923. The van der Waals surface area contributed by atoms with Crippen molar-refractivity contribution in [1.82, 2.24) is 0 Å². The molecule has 0 atom stereocenters. The van der Waals surface area contributed by atoms with E-state index in [2.05, 4.69) is 15.9 Å². The van der Waals surface area contributed by atoms with Gasteiger partial charge in [-0.15, -0.1) is 12.4 Å². The lowest BCUT2D eigenvalue weighted by Gasteiger charge is -2.09. The summed E-state index contributed by atoms with van der Waals surface area (Å²) in [5.74, 6) is 0.839. The third-order valence-corrected chi connectivity index (χ3v) is 3.09. The summed E-state index contributed by atoms with van der Waals surface area (Å²) in [6.07, 6.45) is 0. The van der Waals surface area contributed by atoms with Gasteiger partial charge in [0.1, 0.15) is 12.4 Å². The average molecular weight is 329 g/mol. The van der Waals surface area contributed by atoms with Gasteiger partial charge in [0, 0.05) is 6.54 Å². The molecular weight excluding hydrogens is 314 g/mol. The van der Waals surface area contributed by atoms with E-state index in [0.717, 1.165) is 21.3 Å². The van der Waals surface area contributed by atoms with Crippen molar-refractivity contribution in [2.24, 2.45) is 5.73 Å². The largest absolute Gasteiger partial charge is 0.488 e. The second-order valence-corrected chi connectivity index (χ2v) is 4.60. The van der Waals surface area contributed by atoms with Crippen LogP contribution in [-0.4, -0.2) is 0 Å². The van der Waals surface area contributed by atoms with Gasteiger partial charge in [0.25, 0.3) is 0 Å². The highest BCUT2D eigenvalue weighted by Gasteiger charge is 2.02. The molecule has 2 nitrogen and oxygen atoms in total. The minimum Gasteiger partial charge on any atom is -0.488 e. The van der Waals surface area contributed by atoms with Crippen molar-refractivity contribution in [1.29, 1.82) is 0 Å². The maximum absolute atomic E-state index is 5.73. The Hall–Kier alpha value is -1.03. The van der Waals surface area contributed by atoms with Crippen LogP contribution in [0.1, 0.15) is 11.1 Å². The summed E-state index contributed by atoms with van der Waals surface area (Å²) < 4.78 is 6.68. The van der Waals surface area contributed by atoms with Crippen molar-refractivity contribution in [2.75, 3.05) is 0 Å². The molecule has 0 radical (unpaired) electrons. The molecule has 96 valence electrons. The first kappa shape index (κ1) is 15.0. The van der Waals surface area contributed by atoms with Crippen molar-refractivity contribution in [3.63, 3.8) is 0 Å². The molecule has 0 aliphatic rings. The number of hydrogen-bond donors (Lipinski definition) is 1. The van der Waals surface area contributed by atoms with E-state index >= 15 is 0 Å². The number of benzene rings is 2. The highest BCUT2D eigenvalue weighted by molar-refractivity contribution is 9.10. The maximum Gasteiger partial charge on any atom is 0.134 e. The van der Waals surface area contributed by atoms with Crippen LogP contribution in [0.25, 0.3) is 0 Å². The van der Waals surface area contributed by atoms with Crippen molar-refractivity contribution in [2.45, 2.75) is 13.2 Å². The fourth-order valence-electron chi connectivity index (χ4n) is 1.52. The molecule has 0 aliphatic carbocycles. The summed E-state index contributed by atoms with van der Waals surface area (Å²) in [5, 5.41) is 0. The summed E-state index contributed by atoms with van der Waals surface area (Å²) in [4.78, 5) is 0. The Morgan fingerprint density at radius 1 is 1.00 bits per heavy atom. The lowest BCUT2D eigenvalue weighted by atomic mass is 10.2. The Labute approximate surface area is 122 Å². The molecule has 0 heterocycles. The van der Waals surface area contributed by atoms with E-state index < -0.39 is 0 Å². The van der Waals surface area contributed by atoms with Gasteiger partial charge in [-0.05, 0) is 39.2 Å². The number of nitrogens with two attached hydrogens (primary N) is 1. The fraction of sp³-hybridized carbons (Fsp3) is 0.143. The molecule has 0 amide bonds. The van der Waals surface area contributed by atoms with E-state index in [-0.39, 0.29) is 12.4 Å². The number of ether oxygens (including phenoxy) is 1. The van der Waals surface area contributed by atoms with E-state index in [1.165, 1.54) is 0 Å². The second kappa shape index (κ2) is 7.41. The number of halogens is 2. The van der Waals surface area contributed by atoms with Crippen LogP contribution in [0.4, 0.5) is 0 Å². The molecule has 0 unspecified atom stereocenters. The van der Waals surface area contributed by atoms with Crippen LogP contribution in [0.15, 0.2) is 53.0 Å². The Bertz CT molecular complexity index is 490. The van der Waals surface area contributed by atoms with E-state index in [1.54, 1.807) is 0 Å². The smallest absolute Gasteiger partial charge is 0.134 e. The Morgan fingerprint density at radius 2 is 1.72 bits per heavy atom. The Morgan fingerprint density at radius 3 is 2.33 bits per heavy atom. The molecular formula is C14H15BrClNO. The van der Waals surface area contributed by atoms with E-state index in [9.17, 15) is 0 Å². The van der Waals surface area contributed by atoms with Crippen molar-refractivity contribution in [3.8, 4) is 5.75 Å². The van der Waals surface area contributed by atoms with Crippen LogP contribution in [0, 0.1) is 0 Å². The standard InChI is InChI=1S/C14H14BrNO.ClH/c15-13-8-12(9-16)6-7-14(13)17-10-11-4-2-1-3-5-11;/h1-8H,9-10,16H2;1H. The molecule has 0 spiro atoms. The predicted molar refractivity (Wildman–Crippen MR) is 80.1 cm³/mol. The minimum absolute atomic E-state index is 0. The van der Waals surface area contributed by atoms with Gasteiger partial charge in [0.05, 0.1) is 4.47 Å². The van der Waals surface area contributed by atoms with Gasteiger partial charge in [0.2, 0.25) is 0 Å². The highest BCUT2D eigenvalue weighted by Crippen LogP contribution is 2.26. The van der Waals surface area contributed by atoms with E-state index in [4.69, 9.17) is 10.5 Å². The normalized spacial score (nSPS) is 9.67. The molecule has 0 bridgehead atoms. The lowest BCUT2D eigenvalue weighted by molar-refractivity contribution is 0.304. The number of hydrogen-bond acceptors (Lipinski definition) is 2. The van der Waals surface area contributed by atoms with Gasteiger partial charge in [-0.1, -0.05) is 36.4 Å². The second-order valence-electron chi connectivity index (χ2n) is 3.74. The zero-order valence-corrected chi connectivity index (χ0v) is 12.2. The van der Waals surface area contributed by atoms with Gasteiger partial charge in [-0.2, -0.15) is 0 Å². The maximum atomic E-state index is 5.73. The Balaban J connectivity index is 0.00000162. The molecule has 0 aromatic heterocycles. The minimum atomic E-state index is 0. The van der Waals surface area contributed by atoms with Crippen LogP contribution in [0.2, 0.25) is 0 Å². The van der Waals surface area contributed by atoms with Gasteiger partial charge >= 0.3 is 0 Å². The average Bonchev–Trinajstić information content (AvgIpc) is 2.38. The first-order valence-corrected chi connectivity index (χ1v) is 6.24. The van der Waals surface area contributed by atoms with Gasteiger partial charge in [0.15, 0.2) is 0 Å². The molecule has 0 saturated carbocycles. The summed E-state index contributed by atoms with van der Waals surface area (Å²) in [6.45, 7) is 1.11. The summed E-state index contributed by atoms with van der Waals surface area (Å²) in [7, 11) is 0. The fourth-order valence-corrected chi connectivity index (χ4v) is 2.06. The van der Waals surface area contributed by atoms with Gasteiger partial charge in [-0.3, -0.25) is 0 Å². The third kappa shape index (κ3) is 4.02. The van der Waals surface area contributed by atoms with Gasteiger partial charge in [-0.25, -0.2) is 0 Å². The van der Waals surface area contributed by atoms with Crippen LogP contribution in [0.5, 0.6) is 5.75 Å². The first-order valence-electron chi connectivity index (χ1n) is 5.45. The van der Waals surface area contributed by atoms with Crippen molar-refractivity contribution in [3.05, 3.63) is 64.1 Å². The summed E-state index contributed by atoms with van der Waals surface area (Å²) >= 11 is 3.48. The zero-order chi connectivity index (χ0) is 12.1. The third-order valence-electron chi connectivity index (χ3n) is 2.47. The Kier molecular flexibility index (Phi) is 6.19. The zero-order valence-electron chi connectivity index (χ0n) is 9.80. The molecule has 2 aromatic carbocycles. The molecule has 4 heteroatoms. The molecule has 2 N–H and O–H groups in total. The highest BCUT2D eigenvalue weighted by atomic mass is 79.9. The lowest BCUT2D eigenvalue weighted by Crippen LogP contribution is -1.98. The van der Waals surface area contributed by atoms with Crippen LogP contribution >= 0.6 is 28.3 Å². The first-order chi connectivity index (χ1) is 8.29. The molecule has 0 fully saturated rings. The molecule has 0 aliphatic heterocycles. The van der Waals surface area contributed by atoms with Crippen molar-refractivity contribution < 1.29 is 4.74 Å². The van der Waals surface area contributed by atoms with E-state index in [1.807, 2.05) is 48.5 Å². The van der Waals surface area contributed by atoms with Crippen LogP contribution in [-0.2, 0) is 13.2 Å². The van der Waals surface area contributed by atoms with Gasteiger partial charge < -0.3 is 10.5 Å². The van der Waals surface area contributed by atoms with Crippen molar-refractivity contribution >= 4 is 28.3 Å². The van der Waals surface area contributed by atoms with Crippen LogP contribution in [0.3, 0.4) is 0 Å². The molecule has 2 rings (SSSR count). The van der Waals surface area contributed by atoms with Crippen LogP contribution < -0.4 is 10.5 Å². The summed E-state index contributed by atoms with van der Waals surface area (Å²) in [5.41, 5.74) is 7.81. The molecule has 18 heavy (non-hydrogen) atoms. The topological polar surface area (TPSA) is 35.2 Å². The molecule has 2 aromatic rings. The molecule has 0 saturated heterocycles.